The molecule has 1 heterocycles. The fourth-order valence-electron chi connectivity index (χ4n) is 2.00. The normalized spacial score (nSPS) is 12.2. The molecule has 0 fully saturated rings. The number of aromatic nitrogens is 2. The molecule has 2 aromatic rings. The van der Waals surface area contributed by atoms with Crippen LogP contribution >= 0.6 is 11.6 Å². The van der Waals surface area contributed by atoms with E-state index in [9.17, 15) is 4.79 Å². The maximum atomic E-state index is 11.9. The Kier molecular flexibility index (Phi) is 4.79. The molecule has 0 aliphatic heterocycles. The molecule has 2 rings (SSSR count). The van der Waals surface area contributed by atoms with Gasteiger partial charge in [0.25, 0.3) is 0 Å². The largest absolute Gasteiger partial charge is 0.350 e. The minimum absolute atomic E-state index is 0.00556. The van der Waals surface area contributed by atoms with E-state index in [1.165, 1.54) is 0 Å². The molecule has 0 saturated heterocycles. The summed E-state index contributed by atoms with van der Waals surface area (Å²) >= 11 is 5.93. The van der Waals surface area contributed by atoms with Crippen LogP contribution in [0.2, 0.25) is 5.02 Å². The van der Waals surface area contributed by atoms with E-state index in [-0.39, 0.29) is 11.9 Å². The molecule has 1 unspecified atom stereocenters. The summed E-state index contributed by atoms with van der Waals surface area (Å²) in [5.74, 6) is 0.00683. The molecule has 0 aliphatic carbocycles. The molecule has 20 heavy (non-hydrogen) atoms. The number of aryl methyl sites for hydroxylation is 1. The lowest BCUT2D eigenvalue weighted by Crippen LogP contribution is -2.27. The molecule has 4 nitrogen and oxygen atoms in total. The van der Waals surface area contributed by atoms with Crippen molar-refractivity contribution >= 4 is 17.5 Å². The van der Waals surface area contributed by atoms with E-state index < -0.39 is 0 Å². The van der Waals surface area contributed by atoms with Crippen LogP contribution in [-0.2, 0) is 11.3 Å². The first-order valence-corrected chi connectivity index (χ1v) is 6.98. The van der Waals surface area contributed by atoms with Crippen molar-refractivity contribution in [3.63, 3.8) is 0 Å². The van der Waals surface area contributed by atoms with E-state index in [1.807, 2.05) is 44.2 Å². The summed E-state index contributed by atoms with van der Waals surface area (Å²) in [5.41, 5.74) is 1.98. The fourth-order valence-corrected chi connectivity index (χ4v) is 2.14. The molecule has 1 aromatic carbocycles. The van der Waals surface area contributed by atoms with Gasteiger partial charge in [0.1, 0.15) is 0 Å². The van der Waals surface area contributed by atoms with Crippen LogP contribution < -0.4 is 5.32 Å². The van der Waals surface area contributed by atoms with Crippen molar-refractivity contribution in [1.29, 1.82) is 0 Å². The number of carbonyl (C=O) groups is 1. The lowest BCUT2D eigenvalue weighted by molar-refractivity contribution is -0.122. The SMILES string of the molecule is Cc1c(Cl)cnn1CCC(=O)NC(C)c1ccccc1. The Hall–Kier alpha value is -1.81. The van der Waals surface area contributed by atoms with E-state index in [0.29, 0.717) is 18.0 Å². The van der Waals surface area contributed by atoms with Crippen LogP contribution in [0.15, 0.2) is 36.5 Å². The fraction of sp³-hybridized carbons (Fsp3) is 0.333. The second-order valence-electron chi connectivity index (χ2n) is 4.75. The minimum Gasteiger partial charge on any atom is -0.350 e. The predicted molar refractivity (Wildman–Crippen MR) is 79.6 cm³/mol. The highest BCUT2D eigenvalue weighted by molar-refractivity contribution is 6.31. The number of amides is 1. The maximum absolute atomic E-state index is 11.9. The second-order valence-corrected chi connectivity index (χ2v) is 5.16. The second kappa shape index (κ2) is 6.57. The molecule has 0 spiro atoms. The van der Waals surface area contributed by atoms with Gasteiger partial charge in [-0.3, -0.25) is 9.48 Å². The monoisotopic (exact) mass is 291 g/mol. The first-order chi connectivity index (χ1) is 9.58. The quantitative estimate of drug-likeness (QED) is 0.920. The highest BCUT2D eigenvalue weighted by atomic mass is 35.5. The van der Waals surface area contributed by atoms with Gasteiger partial charge in [0.05, 0.1) is 29.5 Å². The van der Waals surface area contributed by atoms with Crippen LogP contribution in [0.4, 0.5) is 0 Å². The number of carbonyl (C=O) groups excluding carboxylic acids is 1. The van der Waals surface area contributed by atoms with Crippen molar-refractivity contribution in [2.45, 2.75) is 32.9 Å². The Bertz CT molecular complexity index is 580. The van der Waals surface area contributed by atoms with Crippen molar-refractivity contribution in [3.05, 3.63) is 52.8 Å². The van der Waals surface area contributed by atoms with E-state index >= 15 is 0 Å². The summed E-state index contributed by atoms with van der Waals surface area (Å²) in [6.07, 6.45) is 1.98. The van der Waals surface area contributed by atoms with Crippen LogP contribution in [0.3, 0.4) is 0 Å². The van der Waals surface area contributed by atoms with Gasteiger partial charge in [0.2, 0.25) is 5.91 Å². The number of nitrogens with one attached hydrogen (secondary N) is 1. The number of rotatable bonds is 5. The highest BCUT2D eigenvalue weighted by Crippen LogP contribution is 2.14. The Balaban J connectivity index is 1.85. The van der Waals surface area contributed by atoms with E-state index in [2.05, 4.69) is 10.4 Å². The van der Waals surface area contributed by atoms with Crippen LogP contribution in [0, 0.1) is 6.92 Å². The zero-order chi connectivity index (χ0) is 14.5. The number of nitrogens with zero attached hydrogens (tertiary/aromatic N) is 2. The van der Waals surface area contributed by atoms with Crippen LogP contribution in [0.1, 0.15) is 30.6 Å². The van der Waals surface area contributed by atoms with Gasteiger partial charge in [0.15, 0.2) is 0 Å². The molecule has 1 amide bonds. The predicted octanol–water partition coefficient (Wildman–Crippen LogP) is 3.11. The standard InChI is InChI=1S/C15H18ClN3O/c1-11(13-6-4-3-5-7-13)18-15(20)8-9-19-12(2)14(16)10-17-19/h3-7,10-11H,8-9H2,1-2H3,(H,18,20). The van der Waals surface area contributed by atoms with Gasteiger partial charge >= 0.3 is 0 Å². The first-order valence-electron chi connectivity index (χ1n) is 6.60. The summed E-state index contributed by atoms with van der Waals surface area (Å²) in [7, 11) is 0. The van der Waals surface area contributed by atoms with Crippen molar-refractivity contribution in [1.82, 2.24) is 15.1 Å². The molecular weight excluding hydrogens is 274 g/mol. The summed E-state index contributed by atoms with van der Waals surface area (Å²) in [6, 6.07) is 9.90. The van der Waals surface area contributed by atoms with Gasteiger partial charge in [-0.25, -0.2) is 0 Å². The Morgan fingerprint density at radius 1 is 1.40 bits per heavy atom. The maximum Gasteiger partial charge on any atom is 0.222 e. The van der Waals surface area contributed by atoms with Gasteiger partial charge in [-0.05, 0) is 19.4 Å². The Morgan fingerprint density at radius 3 is 2.70 bits per heavy atom. The smallest absolute Gasteiger partial charge is 0.222 e. The average Bonchev–Trinajstić information content (AvgIpc) is 2.77. The molecule has 1 aromatic heterocycles. The zero-order valence-corrected chi connectivity index (χ0v) is 12.4. The molecule has 1 atom stereocenters. The third-order valence-corrected chi connectivity index (χ3v) is 3.64. The number of halogens is 1. The average molecular weight is 292 g/mol. The zero-order valence-electron chi connectivity index (χ0n) is 11.6. The lowest BCUT2D eigenvalue weighted by atomic mass is 10.1. The summed E-state index contributed by atoms with van der Waals surface area (Å²) in [6.45, 7) is 4.40. The minimum atomic E-state index is 0.00556. The third-order valence-electron chi connectivity index (χ3n) is 3.27. The molecule has 0 saturated carbocycles. The summed E-state index contributed by atoms with van der Waals surface area (Å²) in [4.78, 5) is 11.9. The number of hydrogen-bond acceptors (Lipinski definition) is 2. The van der Waals surface area contributed by atoms with Crippen molar-refractivity contribution in [3.8, 4) is 0 Å². The van der Waals surface area contributed by atoms with E-state index in [1.54, 1.807) is 10.9 Å². The molecule has 0 aliphatic rings. The summed E-state index contributed by atoms with van der Waals surface area (Å²) in [5, 5.41) is 7.74. The lowest BCUT2D eigenvalue weighted by Gasteiger charge is -2.14. The molecule has 5 heteroatoms. The van der Waals surface area contributed by atoms with Gasteiger partial charge in [-0.1, -0.05) is 41.9 Å². The molecule has 1 N–H and O–H groups in total. The number of hydrogen-bond donors (Lipinski definition) is 1. The molecule has 0 bridgehead atoms. The molecule has 0 radical (unpaired) electrons. The van der Waals surface area contributed by atoms with Gasteiger partial charge in [0, 0.05) is 6.42 Å². The number of benzene rings is 1. The van der Waals surface area contributed by atoms with Crippen molar-refractivity contribution in [2.75, 3.05) is 0 Å². The Labute approximate surface area is 123 Å². The van der Waals surface area contributed by atoms with E-state index in [0.717, 1.165) is 11.3 Å². The van der Waals surface area contributed by atoms with Crippen molar-refractivity contribution in [2.24, 2.45) is 0 Å². The van der Waals surface area contributed by atoms with E-state index in [4.69, 9.17) is 11.6 Å². The first kappa shape index (κ1) is 14.6. The van der Waals surface area contributed by atoms with Gasteiger partial charge < -0.3 is 5.32 Å². The molecular formula is C15H18ClN3O. The highest BCUT2D eigenvalue weighted by Gasteiger charge is 2.10. The molecule has 106 valence electrons. The van der Waals surface area contributed by atoms with Crippen LogP contribution in [0.25, 0.3) is 0 Å². The van der Waals surface area contributed by atoms with Crippen molar-refractivity contribution < 1.29 is 4.79 Å². The topological polar surface area (TPSA) is 46.9 Å². The van der Waals surface area contributed by atoms with Crippen LogP contribution in [0.5, 0.6) is 0 Å². The van der Waals surface area contributed by atoms with Crippen LogP contribution in [-0.4, -0.2) is 15.7 Å². The Morgan fingerprint density at radius 2 is 2.10 bits per heavy atom. The summed E-state index contributed by atoms with van der Waals surface area (Å²) < 4.78 is 1.75. The third kappa shape index (κ3) is 3.61. The van der Waals surface area contributed by atoms with Gasteiger partial charge in [-0.15, -0.1) is 0 Å². The van der Waals surface area contributed by atoms with Gasteiger partial charge in [-0.2, -0.15) is 5.10 Å².